The van der Waals surface area contributed by atoms with Crippen LogP contribution in [0.25, 0.3) is 0 Å². The fourth-order valence-electron chi connectivity index (χ4n) is 3.82. The first kappa shape index (κ1) is 20.5. The average molecular weight is 429 g/mol. The van der Waals surface area contributed by atoms with E-state index in [0.717, 1.165) is 5.56 Å². The Morgan fingerprint density at radius 1 is 1.40 bits per heavy atom. The van der Waals surface area contributed by atoms with E-state index in [9.17, 15) is 14.3 Å². The number of halogens is 2. The molecule has 2 aromatic heterocycles. The summed E-state index contributed by atoms with van der Waals surface area (Å²) in [6.07, 6.45) is 4.31. The highest BCUT2D eigenvalue weighted by Crippen LogP contribution is 2.31. The van der Waals surface area contributed by atoms with E-state index in [0.29, 0.717) is 23.6 Å². The van der Waals surface area contributed by atoms with E-state index in [1.165, 1.54) is 12.5 Å². The zero-order valence-corrected chi connectivity index (χ0v) is 17.1. The molecule has 0 bridgehead atoms. The Hall–Kier alpha value is -2.77. The molecule has 4 atom stereocenters. The normalized spacial score (nSPS) is 23.5. The molecule has 0 unspecified atom stereocenters. The lowest BCUT2D eigenvalue weighted by molar-refractivity contribution is 0.0725. The minimum atomic E-state index is -1.42. The van der Waals surface area contributed by atoms with E-state index in [1.807, 2.05) is 35.0 Å². The van der Waals surface area contributed by atoms with Gasteiger partial charge in [-0.25, -0.2) is 14.4 Å². The number of carbonyl (C=O) groups excluding carboxylic acids is 1. The fraction of sp³-hybridized carbons (Fsp3) is 0.318. The molecule has 8 heteroatoms. The lowest BCUT2D eigenvalue weighted by Gasteiger charge is -2.18. The van der Waals surface area contributed by atoms with Gasteiger partial charge in [-0.2, -0.15) is 0 Å². The molecule has 0 spiro atoms. The molecule has 156 valence electrons. The van der Waals surface area contributed by atoms with Crippen molar-refractivity contribution in [1.29, 1.82) is 0 Å². The molecule has 2 heterocycles. The van der Waals surface area contributed by atoms with E-state index < -0.39 is 18.3 Å². The van der Waals surface area contributed by atoms with Gasteiger partial charge in [-0.15, -0.1) is 0 Å². The third kappa shape index (κ3) is 4.22. The first-order chi connectivity index (χ1) is 14.4. The molecule has 1 aromatic carbocycles. The lowest BCUT2D eigenvalue weighted by Crippen LogP contribution is -2.32. The van der Waals surface area contributed by atoms with E-state index in [1.54, 1.807) is 19.2 Å². The summed E-state index contributed by atoms with van der Waals surface area (Å²) in [5, 5.41) is 13.5. The Morgan fingerprint density at radius 2 is 2.23 bits per heavy atom. The van der Waals surface area contributed by atoms with Crippen LogP contribution >= 0.6 is 11.6 Å². The van der Waals surface area contributed by atoms with Crippen LogP contribution in [0.2, 0.25) is 5.02 Å². The van der Waals surface area contributed by atoms with Crippen LogP contribution < -0.4 is 5.32 Å². The summed E-state index contributed by atoms with van der Waals surface area (Å²) in [5.41, 5.74) is 1.76. The van der Waals surface area contributed by atoms with Gasteiger partial charge in [-0.1, -0.05) is 30.7 Å². The quantitative estimate of drug-likeness (QED) is 0.585. The molecular formula is C22H22ClFN4O2. The van der Waals surface area contributed by atoms with Crippen LogP contribution in [0.5, 0.6) is 0 Å². The summed E-state index contributed by atoms with van der Waals surface area (Å²) in [5.74, 6) is -0.157. The second-order valence-electron chi connectivity index (χ2n) is 7.72. The highest BCUT2D eigenvalue weighted by atomic mass is 35.5. The topological polar surface area (TPSA) is 80.0 Å². The predicted octanol–water partition coefficient (Wildman–Crippen LogP) is 3.73. The van der Waals surface area contributed by atoms with Gasteiger partial charge in [0.15, 0.2) is 5.78 Å². The van der Waals surface area contributed by atoms with Gasteiger partial charge in [0.2, 0.25) is 0 Å². The minimum absolute atomic E-state index is 0.168. The van der Waals surface area contributed by atoms with Crippen molar-refractivity contribution < 1.29 is 14.3 Å². The molecule has 1 fully saturated rings. The van der Waals surface area contributed by atoms with Crippen molar-refractivity contribution in [3.05, 3.63) is 77.0 Å². The fourth-order valence-corrected chi connectivity index (χ4v) is 4.03. The number of aromatic nitrogens is 3. The number of aliphatic hydroxyl groups is 1. The Morgan fingerprint density at radius 3 is 2.97 bits per heavy atom. The zero-order chi connectivity index (χ0) is 21.3. The van der Waals surface area contributed by atoms with Crippen LogP contribution in [0.3, 0.4) is 0 Å². The van der Waals surface area contributed by atoms with Gasteiger partial charge in [0.1, 0.15) is 18.3 Å². The molecule has 6 nitrogen and oxygen atoms in total. The predicted molar refractivity (Wildman–Crippen MR) is 113 cm³/mol. The lowest BCUT2D eigenvalue weighted by atomic mass is 10.1. The number of benzene rings is 1. The summed E-state index contributed by atoms with van der Waals surface area (Å²) < 4.78 is 16.2. The number of carbonyl (C=O) groups is 1. The Balaban J connectivity index is 1.52. The van der Waals surface area contributed by atoms with Crippen LogP contribution in [0.15, 0.2) is 55.2 Å². The Kier molecular flexibility index (Phi) is 5.83. The van der Waals surface area contributed by atoms with Crippen molar-refractivity contribution in [3.63, 3.8) is 0 Å². The number of hydrogen-bond donors (Lipinski definition) is 2. The number of anilines is 1. The number of alkyl halides is 1. The van der Waals surface area contributed by atoms with Gasteiger partial charge in [0.05, 0.1) is 17.7 Å². The number of hydrogen-bond acceptors (Lipinski definition) is 5. The smallest absolute Gasteiger partial charge is 0.199 e. The van der Waals surface area contributed by atoms with Crippen molar-refractivity contribution in [3.8, 4) is 0 Å². The van der Waals surface area contributed by atoms with Crippen LogP contribution in [-0.2, 0) is 6.54 Å². The summed E-state index contributed by atoms with van der Waals surface area (Å²) >= 11 is 6.04. The van der Waals surface area contributed by atoms with Crippen LogP contribution in [0.1, 0.15) is 34.8 Å². The molecule has 0 radical (unpaired) electrons. The summed E-state index contributed by atoms with van der Waals surface area (Å²) in [6, 6.07) is 8.65. The van der Waals surface area contributed by atoms with Gasteiger partial charge < -0.3 is 15.0 Å². The van der Waals surface area contributed by atoms with Crippen molar-refractivity contribution >= 4 is 23.2 Å². The molecule has 1 aliphatic rings. The zero-order valence-electron chi connectivity index (χ0n) is 16.4. The van der Waals surface area contributed by atoms with Crippen LogP contribution in [-0.4, -0.2) is 43.7 Å². The van der Waals surface area contributed by atoms with Gasteiger partial charge in [-0.05, 0) is 36.1 Å². The van der Waals surface area contributed by atoms with E-state index >= 15 is 0 Å². The molecular weight excluding hydrogens is 407 g/mol. The van der Waals surface area contributed by atoms with Gasteiger partial charge in [0.25, 0.3) is 0 Å². The number of nitrogens with zero attached hydrogens (tertiary/aromatic N) is 3. The first-order valence-electron chi connectivity index (χ1n) is 9.76. The standard InChI is InChI=1S/C22H22ClFN4O2/c1-13-7-18(19(24)20(13)29)27-22-17(9-25-12-26-22)21(30)15-5-6-28(11-15)10-14-3-2-4-16(23)8-14/h2-6,8-9,11-13,18-20,29H,7,10H2,1H3,(H,25,26,27)/t13-,18-,19-,20-/m1/s1. The Bertz CT molecular complexity index is 1060. The van der Waals surface area contributed by atoms with Crippen molar-refractivity contribution in [1.82, 2.24) is 14.5 Å². The maximum atomic E-state index is 14.4. The third-order valence-corrected chi connectivity index (χ3v) is 5.70. The van der Waals surface area contributed by atoms with E-state index in [2.05, 4.69) is 15.3 Å². The molecule has 3 aromatic rings. The SMILES string of the molecule is C[C@@H]1C[C@@H](Nc2ncncc2C(=O)c2ccn(Cc3cccc(Cl)c3)c2)[C@@H](F)[C@@H]1O. The van der Waals surface area contributed by atoms with Crippen LogP contribution in [0.4, 0.5) is 10.2 Å². The molecule has 2 N–H and O–H groups in total. The first-order valence-corrected chi connectivity index (χ1v) is 10.1. The molecule has 30 heavy (non-hydrogen) atoms. The largest absolute Gasteiger partial charge is 0.390 e. The van der Waals surface area contributed by atoms with Gasteiger partial charge in [0, 0.05) is 35.7 Å². The van der Waals surface area contributed by atoms with Crippen molar-refractivity contribution in [2.45, 2.75) is 38.2 Å². The van der Waals surface area contributed by atoms with Gasteiger partial charge >= 0.3 is 0 Å². The summed E-state index contributed by atoms with van der Waals surface area (Å²) in [7, 11) is 0. The Labute approximate surface area is 178 Å². The number of nitrogens with one attached hydrogen (secondary N) is 1. The molecule has 4 rings (SSSR count). The monoisotopic (exact) mass is 428 g/mol. The number of ketones is 1. The summed E-state index contributed by atoms with van der Waals surface area (Å²) in [4.78, 5) is 21.2. The van der Waals surface area contributed by atoms with E-state index in [4.69, 9.17) is 11.6 Å². The number of aliphatic hydroxyl groups excluding tert-OH is 1. The van der Waals surface area contributed by atoms with Gasteiger partial charge in [-0.3, -0.25) is 4.79 Å². The molecule has 0 amide bonds. The second kappa shape index (κ2) is 8.53. The average Bonchev–Trinajstić information content (AvgIpc) is 3.29. The van der Waals surface area contributed by atoms with Crippen molar-refractivity contribution in [2.75, 3.05) is 5.32 Å². The maximum Gasteiger partial charge on any atom is 0.199 e. The molecule has 1 aliphatic carbocycles. The third-order valence-electron chi connectivity index (χ3n) is 5.47. The minimum Gasteiger partial charge on any atom is -0.390 e. The van der Waals surface area contributed by atoms with Crippen molar-refractivity contribution in [2.24, 2.45) is 5.92 Å². The molecule has 1 saturated carbocycles. The summed E-state index contributed by atoms with van der Waals surface area (Å²) in [6.45, 7) is 2.37. The second-order valence-corrected chi connectivity index (χ2v) is 8.15. The van der Waals surface area contributed by atoms with Crippen LogP contribution in [0, 0.1) is 5.92 Å². The highest BCUT2D eigenvalue weighted by Gasteiger charge is 2.41. The molecule has 0 aliphatic heterocycles. The maximum absolute atomic E-state index is 14.4. The molecule has 0 saturated heterocycles. The number of rotatable bonds is 6. The highest BCUT2D eigenvalue weighted by molar-refractivity contribution is 6.30. The van der Waals surface area contributed by atoms with E-state index in [-0.39, 0.29) is 23.1 Å².